The van der Waals surface area contributed by atoms with Crippen LogP contribution in [-0.2, 0) is 16.2 Å². The molecule has 0 amide bonds. The van der Waals surface area contributed by atoms with Gasteiger partial charge in [-0.05, 0) is 127 Å². The van der Waals surface area contributed by atoms with E-state index in [1.165, 1.54) is 91.6 Å². The summed E-state index contributed by atoms with van der Waals surface area (Å²) >= 11 is 0. The van der Waals surface area contributed by atoms with Gasteiger partial charge in [0, 0.05) is 16.9 Å². The van der Waals surface area contributed by atoms with E-state index in [9.17, 15) is 0 Å². The summed E-state index contributed by atoms with van der Waals surface area (Å²) in [6, 6.07) is 73.6. The summed E-state index contributed by atoms with van der Waals surface area (Å²) in [4.78, 5) is 2.48. The average molecular weight is 834 g/mol. The lowest BCUT2D eigenvalue weighted by Gasteiger charge is -2.36. The Morgan fingerprint density at radius 1 is 0.438 bits per heavy atom. The molecule has 64 heavy (non-hydrogen) atoms. The third kappa shape index (κ3) is 7.81. The molecular formula is C63H63N. The van der Waals surface area contributed by atoms with Crippen LogP contribution in [0.25, 0.3) is 33.4 Å². The Hall–Kier alpha value is -6.44. The van der Waals surface area contributed by atoms with Crippen molar-refractivity contribution in [2.24, 2.45) is 0 Å². The van der Waals surface area contributed by atoms with Gasteiger partial charge in [-0.15, -0.1) is 0 Å². The van der Waals surface area contributed by atoms with Gasteiger partial charge in [-0.2, -0.15) is 0 Å². The summed E-state index contributed by atoms with van der Waals surface area (Å²) in [5.74, 6) is 0.615. The van der Waals surface area contributed by atoms with Gasteiger partial charge < -0.3 is 4.90 Å². The number of nitrogens with zero attached hydrogens (tertiary/aromatic N) is 1. The zero-order chi connectivity index (χ0) is 44.6. The van der Waals surface area contributed by atoms with Gasteiger partial charge in [0.2, 0.25) is 0 Å². The second-order valence-electron chi connectivity index (χ2n) is 20.0. The summed E-state index contributed by atoms with van der Waals surface area (Å²) < 4.78 is 0. The predicted molar refractivity (Wildman–Crippen MR) is 275 cm³/mol. The molecule has 1 aliphatic carbocycles. The second-order valence-corrected chi connectivity index (χ2v) is 20.0. The van der Waals surface area contributed by atoms with E-state index in [0.29, 0.717) is 5.92 Å². The van der Waals surface area contributed by atoms with Crippen molar-refractivity contribution in [2.75, 3.05) is 4.90 Å². The first-order chi connectivity index (χ1) is 30.9. The highest BCUT2D eigenvalue weighted by molar-refractivity contribution is 5.92. The molecule has 0 spiro atoms. The highest BCUT2D eigenvalue weighted by atomic mass is 15.1. The minimum absolute atomic E-state index is 0.0388. The van der Waals surface area contributed by atoms with Crippen LogP contribution in [0.15, 0.2) is 194 Å². The molecule has 9 rings (SSSR count). The fourth-order valence-corrected chi connectivity index (χ4v) is 10.3. The van der Waals surface area contributed by atoms with Gasteiger partial charge in [0.1, 0.15) is 0 Å². The van der Waals surface area contributed by atoms with Crippen LogP contribution < -0.4 is 4.90 Å². The molecular weight excluding hydrogens is 771 g/mol. The van der Waals surface area contributed by atoms with Crippen molar-refractivity contribution in [1.82, 2.24) is 0 Å². The van der Waals surface area contributed by atoms with Crippen molar-refractivity contribution in [3.05, 3.63) is 233 Å². The van der Waals surface area contributed by atoms with E-state index in [-0.39, 0.29) is 10.8 Å². The van der Waals surface area contributed by atoms with Crippen molar-refractivity contribution in [1.29, 1.82) is 0 Å². The van der Waals surface area contributed by atoms with Crippen LogP contribution in [0.2, 0.25) is 0 Å². The van der Waals surface area contributed by atoms with Crippen molar-refractivity contribution in [3.63, 3.8) is 0 Å². The Morgan fingerprint density at radius 2 is 0.938 bits per heavy atom. The van der Waals surface area contributed by atoms with Gasteiger partial charge in [0.15, 0.2) is 0 Å². The largest absolute Gasteiger partial charge is 0.310 e. The Bertz CT molecular complexity index is 2790. The summed E-state index contributed by atoms with van der Waals surface area (Å²) in [6.45, 7) is 18.4. The van der Waals surface area contributed by atoms with E-state index < -0.39 is 5.41 Å². The fraction of sp³-hybridized carbons (Fsp3) is 0.238. The normalized spacial score (nSPS) is 13.6. The first kappa shape index (κ1) is 42.8. The fourth-order valence-electron chi connectivity index (χ4n) is 10.3. The molecule has 1 heteroatoms. The maximum absolute atomic E-state index is 2.50. The van der Waals surface area contributed by atoms with Gasteiger partial charge >= 0.3 is 0 Å². The average Bonchev–Trinajstić information content (AvgIpc) is 3.61. The molecule has 0 aliphatic heterocycles. The Balaban J connectivity index is 1.26. The monoisotopic (exact) mass is 833 g/mol. The van der Waals surface area contributed by atoms with Gasteiger partial charge in [-0.3, -0.25) is 0 Å². The highest BCUT2D eigenvalue weighted by Gasteiger charge is 2.46. The van der Waals surface area contributed by atoms with Gasteiger partial charge in [0.05, 0.1) is 11.1 Å². The molecule has 1 atom stereocenters. The van der Waals surface area contributed by atoms with E-state index in [2.05, 4.69) is 254 Å². The third-order valence-corrected chi connectivity index (χ3v) is 13.9. The molecule has 1 unspecified atom stereocenters. The topological polar surface area (TPSA) is 3.24 Å². The zero-order valence-corrected chi connectivity index (χ0v) is 39.1. The lowest BCUT2D eigenvalue weighted by atomic mass is 9.67. The molecule has 0 saturated heterocycles. The summed E-state index contributed by atoms with van der Waals surface area (Å²) in [6.07, 6.45) is 3.61. The maximum atomic E-state index is 2.50. The van der Waals surface area contributed by atoms with Crippen LogP contribution in [-0.4, -0.2) is 0 Å². The van der Waals surface area contributed by atoms with Gasteiger partial charge in [-0.1, -0.05) is 226 Å². The smallest absolute Gasteiger partial charge is 0.0714 e. The summed E-state index contributed by atoms with van der Waals surface area (Å²) in [7, 11) is 0. The highest BCUT2D eigenvalue weighted by Crippen LogP contribution is 2.58. The molecule has 320 valence electrons. The molecule has 0 saturated carbocycles. The van der Waals surface area contributed by atoms with Crippen LogP contribution in [0.1, 0.15) is 120 Å². The van der Waals surface area contributed by atoms with E-state index in [4.69, 9.17) is 0 Å². The molecule has 0 fully saturated rings. The van der Waals surface area contributed by atoms with E-state index in [0.717, 1.165) is 17.1 Å². The van der Waals surface area contributed by atoms with Crippen molar-refractivity contribution >= 4 is 17.1 Å². The molecule has 0 N–H and O–H groups in total. The molecule has 0 bridgehead atoms. The van der Waals surface area contributed by atoms with Crippen LogP contribution in [0.4, 0.5) is 17.1 Å². The van der Waals surface area contributed by atoms with Crippen molar-refractivity contribution in [2.45, 2.75) is 96.8 Å². The van der Waals surface area contributed by atoms with E-state index >= 15 is 0 Å². The van der Waals surface area contributed by atoms with Crippen LogP contribution in [0.3, 0.4) is 0 Å². The minimum atomic E-state index is -0.552. The number of benzene rings is 8. The molecule has 0 radical (unpaired) electrons. The molecule has 0 heterocycles. The predicted octanol–water partition coefficient (Wildman–Crippen LogP) is 17.7. The van der Waals surface area contributed by atoms with Crippen LogP contribution >= 0.6 is 0 Å². The van der Waals surface area contributed by atoms with E-state index in [1.807, 2.05) is 0 Å². The first-order valence-corrected chi connectivity index (χ1v) is 23.5. The van der Waals surface area contributed by atoms with Crippen molar-refractivity contribution < 1.29 is 0 Å². The maximum Gasteiger partial charge on any atom is 0.0714 e. The van der Waals surface area contributed by atoms with Crippen molar-refractivity contribution in [3.8, 4) is 33.4 Å². The Labute approximate surface area is 383 Å². The number of hydrogen-bond acceptors (Lipinski definition) is 1. The first-order valence-electron chi connectivity index (χ1n) is 23.5. The lowest BCUT2D eigenvalue weighted by Crippen LogP contribution is -2.29. The number of anilines is 3. The minimum Gasteiger partial charge on any atom is -0.310 e. The van der Waals surface area contributed by atoms with E-state index in [1.54, 1.807) is 0 Å². The van der Waals surface area contributed by atoms with Gasteiger partial charge in [0.25, 0.3) is 0 Å². The number of fused-ring (bicyclic) bond motifs is 3. The molecule has 8 aromatic rings. The van der Waals surface area contributed by atoms with Gasteiger partial charge in [-0.25, -0.2) is 0 Å². The molecule has 1 nitrogen and oxygen atoms in total. The quantitative estimate of drug-likeness (QED) is 0.125. The molecule has 1 aliphatic rings. The Morgan fingerprint density at radius 3 is 1.50 bits per heavy atom. The Kier molecular flexibility index (Phi) is 11.6. The summed E-state index contributed by atoms with van der Waals surface area (Å²) in [5.41, 5.74) is 19.6. The molecule has 8 aromatic carbocycles. The van der Waals surface area contributed by atoms with Crippen LogP contribution in [0, 0.1) is 0 Å². The molecule has 0 aromatic heterocycles. The number of hydrogen-bond donors (Lipinski definition) is 0. The number of para-hydroxylation sites is 1. The second kappa shape index (κ2) is 17.3. The van der Waals surface area contributed by atoms with Crippen LogP contribution in [0.5, 0.6) is 0 Å². The summed E-state index contributed by atoms with van der Waals surface area (Å²) in [5, 5.41) is 0. The SMILES string of the molecule is CCCC(CC)c1ccc(-c2ccc(N(c3ccc4c(c3)C(c3ccc(C(C)(C)C)cc3)(c3ccc(C(C)(C)C)cc3)c3ccccc3-4)c3ccccc3-c3ccccc3)cc2)cc1. The number of rotatable bonds is 11. The standard InChI is InChI=1S/C63H63N/c1-9-18-44(10-2)45-25-27-46(28-26-45)47-29-39-53(40-30-47)64(60-24-17-15-21-55(60)48-19-12-11-13-20-48)54-41-42-57-56-22-14-16-23-58(56)63(59(57)43-54,51-35-31-49(32-36-51)61(3,4)5)52-37-33-50(34-38-52)62(6,7)8/h11-17,19-44H,9-10,18H2,1-8H3. The zero-order valence-electron chi connectivity index (χ0n) is 39.1. The lowest BCUT2D eigenvalue weighted by molar-refractivity contribution is 0.588. The third-order valence-electron chi connectivity index (χ3n) is 13.9.